The van der Waals surface area contributed by atoms with Gasteiger partial charge in [0.05, 0.1) is 17.3 Å². The van der Waals surface area contributed by atoms with Crippen molar-refractivity contribution in [3.63, 3.8) is 0 Å². The van der Waals surface area contributed by atoms with E-state index in [0.717, 1.165) is 5.56 Å². The van der Waals surface area contributed by atoms with Crippen LogP contribution >= 0.6 is 11.6 Å². The number of tetrazole rings is 1. The lowest BCUT2D eigenvalue weighted by Gasteiger charge is -2.19. The first-order chi connectivity index (χ1) is 17.5. The third kappa shape index (κ3) is 6.73. The standard InChI is InChI=1S/C25H22ClN7O3/c26-20-8-9-22(33-16-29-31-32-33)18(13-20)7-11-24(34)30-21(12-17-4-2-1-3-5-17)15-28-23-10-6-19(14-27-23)25(35)36/h1-11,13-14,16,21H,12,15H2,(H,27,28)(H,30,34)(H,35,36)/b11-7+. The molecule has 0 fully saturated rings. The van der Waals surface area contributed by atoms with Gasteiger partial charge in [-0.15, -0.1) is 5.10 Å². The fourth-order valence-corrected chi connectivity index (χ4v) is 3.66. The van der Waals surface area contributed by atoms with Gasteiger partial charge in [-0.1, -0.05) is 41.9 Å². The lowest BCUT2D eigenvalue weighted by Crippen LogP contribution is -2.40. The van der Waals surface area contributed by atoms with Crippen LogP contribution in [0.15, 0.2) is 79.3 Å². The predicted octanol–water partition coefficient (Wildman–Crippen LogP) is 3.26. The Morgan fingerprint density at radius 2 is 1.94 bits per heavy atom. The molecule has 4 rings (SSSR count). The second kappa shape index (κ2) is 11.7. The van der Waals surface area contributed by atoms with E-state index in [0.29, 0.717) is 35.1 Å². The van der Waals surface area contributed by atoms with Crippen molar-refractivity contribution in [2.45, 2.75) is 12.5 Å². The van der Waals surface area contributed by atoms with Gasteiger partial charge in [0.1, 0.15) is 12.1 Å². The second-order valence-electron chi connectivity index (χ2n) is 7.80. The zero-order valence-electron chi connectivity index (χ0n) is 19.0. The Kier molecular flexibility index (Phi) is 7.99. The van der Waals surface area contributed by atoms with Crippen LogP contribution in [0.25, 0.3) is 11.8 Å². The third-order valence-electron chi connectivity index (χ3n) is 5.21. The number of nitrogens with zero attached hydrogens (tertiary/aromatic N) is 5. The number of carboxylic acids is 1. The summed E-state index contributed by atoms with van der Waals surface area (Å²) < 4.78 is 1.48. The van der Waals surface area contributed by atoms with Gasteiger partial charge in [0.15, 0.2) is 0 Å². The molecule has 4 aromatic rings. The summed E-state index contributed by atoms with van der Waals surface area (Å²) in [5, 5.41) is 26.9. The Labute approximate surface area is 211 Å². The minimum absolute atomic E-state index is 0.0990. The monoisotopic (exact) mass is 503 g/mol. The number of halogens is 1. The third-order valence-corrected chi connectivity index (χ3v) is 5.45. The summed E-state index contributed by atoms with van der Waals surface area (Å²) in [6.45, 7) is 0.376. The molecule has 3 N–H and O–H groups in total. The zero-order chi connectivity index (χ0) is 25.3. The molecule has 182 valence electrons. The Morgan fingerprint density at radius 1 is 1.11 bits per heavy atom. The lowest BCUT2D eigenvalue weighted by atomic mass is 10.1. The van der Waals surface area contributed by atoms with Gasteiger partial charge in [-0.05, 0) is 58.8 Å². The highest BCUT2D eigenvalue weighted by molar-refractivity contribution is 6.30. The predicted molar refractivity (Wildman–Crippen MR) is 135 cm³/mol. The van der Waals surface area contributed by atoms with E-state index in [2.05, 4.69) is 31.1 Å². The molecule has 10 nitrogen and oxygen atoms in total. The topological polar surface area (TPSA) is 135 Å². The van der Waals surface area contributed by atoms with Crippen molar-refractivity contribution in [1.82, 2.24) is 30.5 Å². The molecule has 0 radical (unpaired) electrons. The van der Waals surface area contributed by atoms with Crippen molar-refractivity contribution in [2.24, 2.45) is 0 Å². The van der Waals surface area contributed by atoms with E-state index in [1.165, 1.54) is 29.3 Å². The number of aromatic nitrogens is 5. The summed E-state index contributed by atoms with van der Waals surface area (Å²) in [6.07, 6.45) is 6.40. The molecule has 0 saturated carbocycles. The highest BCUT2D eigenvalue weighted by Crippen LogP contribution is 2.20. The summed E-state index contributed by atoms with van der Waals surface area (Å²) in [7, 11) is 0. The number of amides is 1. The number of carboxylic acid groups (broad SMARTS) is 1. The van der Waals surface area contributed by atoms with Crippen LogP contribution in [0.3, 0.4) is 0 Å². The molecule has 0 aliphatic carbocycles. The van der Waals surface area contributed by atoms with Crippen LogP contribution < -0.4 is 10.6 Å². The zero-order valence-corrected chi connectivity index (χ0v) is 19.7. The molecular weight excluding hydrogens is 482 g/mol. The molecule has 1 unspecified atom stereocenters. The van der Waals surface area contributed by atoms with Gasteiger partial charge < -0.3 is 15.7 Å². The van der Waals surface area contributed by atoms with Crippen molar-refractivity contribution < 1.29 is 14.7 Å². The molecule has 1 atom stereocenters. The fraction of sp³-hybridized carbons (Fsp3) is 0.120. The molecule has 11 heteroatoms. The smallest absolute Gasteiger partial charge is 0.337 e. The van der Waals surface area contributed by atoms with Gasteiger partial charge in [-0.25, -0.2) is 9.78 Å². The van der Waals surface area contributed by atoms with E-state index < -0.39 is 5.97 Å². The fourth-order valence-electron chi connectivity index (χ4n) is 3.48. The van der Waals surface area contributed by atoms with Crippen LogP contribution in [0.5, 0.6) is 0 Å². The average Bonchev–Trinajstić information content (AvgIpc) is 3.42. The van der Waals surface area contributed by atoms with Crippen molar-refractivity contribution in [2.75, 3.05) is 11.9 Å². The van der Waals surface area contributed by atoms with E-state index >= 15 is 0 Å². The largest absolute Gasteiger partial charge is 0.478 e. The summed E-state index contributed by atoms with van der Waals surface area (Å²) in [5.41, 5.74) is 2.50. The highest BCUT2D eigenvalue weighted by atomic mass is 35.5. The Morgan fingerprint density at radius 3 is 2.64 bits per heavy atom. The quantitative estimate of drug-likeness (QED) is 0.281. The van der Waals surface area contributed by atoms with Crippen LogP contribution in [0.2, 0.25) is 5.02 Å². The molecule has 2 aromatic heterocycles. The average molecular weight is 504 g/mol. The maximum absolute atomic E-state index is 12.8. The molecule has 0 aliphatic heterocycles. The SMILES string of the molecule is O=C(/C=C/c1cc(Cl)ccc1-n1cnnn1)NC(CNc1ccc(C(=O)O)cn1)Cc1ccccc1. The van der Waals surface area contributed by atoms with E-state index in [4.69, 9.17) is 16.7 Å². The number of aromatic carboxylic acids is 1. The van der Waals surface area contributed by atoms with E-state index in [1.807, 2.05) is 30.3 Å². The van der Waals surface area contributed by atoms with Crippen LogP contribution in [0.1, 0.15) is 21.5 Å². The molecule has 2 aromatic carbocycles. The minimum Gasteiger partial charge on any atom is -0.478 e. The Hall–Kier alpha value is -4.57. The lowest BCUT2D eigenvalue weighted by molar-refractivity contribution is -0.117. The van der Waals surface area contributed by atoms with Crippen LogP contribution in [0, 0.1) is 0 Å². The first-order valence-electron chi connectivity index (χ1n) is 11.0. The molecule has 1 amide bonds. The number of carbonyl (C=O) groups excluding carboxylic acids is 1. The Balaban J connectivity index is 1.46. The van der Waals surface area contributed by atoms with Crippen molar-refractivity contribution in [3.05, 3.63) is 101 Å². The summed E-state index contributed by atoms with van der Waals surface area (Å²) in [6, 6.07) is 17.8. The summed E-state index contributed by atoms with van der Waals surface area (Å²) in [4.78, 5) is 28.0. The molecular formula is C25H22ClN7O3. The van der Waals surface area contributed by atoms with Crippen molar-refractivity contribution in [3.8, 4) is 5.69 Å². The molecule has 0 bridgehead atoms. The second-order valence-corrected chi connectivity index (χ2v) is 8.24. The first-order valence-corrected chi connectivity index (χ1v) is 11.3. The molecule has 0 aliphatic rings. The summed E-state index contributed by atoms with van der Waals surface area (Å²) >= 11 is 6.15. The van der Waals surface area contributed by atoms with E-state index in [-0.39, 0.29) is 17.5 Å². The number of hydrogen-bond donors (Lipinski definition) is 3. The molecule has 2 heterocycles. The normalized spacial score (nSPS) is 11.8. The molecule has 0 spiro atoms. The number of anilines is 1. The number of nitrogens with one attached hydrogen (secondary N) is 2. The number of carbonyl (C=O) groups is 2. The van der Waals surface area contributed by atoms with Gasteiger partial charge in [-0.2, -0.15) is 4.68 Å². The number of rotatable bonds is 10. The Bertz CT molecular complexity index is 1340. The van der Waals surface area contributed by atoms with E-state index in [9.17, 15) is 9.59 Å². The maximum atomic E-state index is 12.8. The van der Waals surface area contributed by atoms with Gasteiger partial charge in [-0.3, -0.25) is 4.79 Å². The van der Waals surface area contributed by atoms with Gasteiger partial charge in [0.25, 0.3) is 0 Å². The van der Waals surface area contributed by atoms with E-state index in [1.54, 1.807) is 30.3 Å². The number of pyridine rings is 1. The first kappa shape index (κ1) is 24.6. The number of benzene rings is 2. The van der Waals surface area contributed by atoms with Crippen LogP contribution in [-0.4, -0.2) is 54.8 Å². The minimum atomic E-state index is -1.04. The van der Waals surface area contributed by atoms with Gasteiger partial charge in [0.2, 0.25) is 5.91 Å². The van der Waals surface area contributed by atoms with Crippen LogP contribution in [0.4, 0.5) is 5.82 Å². The molecule has 36 heavy (non-hydrogen) atoms. The molecule has 0 saturated heterocycles. The van der Waals surface area contributed by atoms with Crippen molar-refractivity contribution >= 4 is 35.4 Å². The van der Waals surface area contributed by atoms with Gasteiger partial charge >= 0.3 is 5.97 Å². The summed E-state index contributed by atoms with van der Waals surface area (Å²) in [5.74, 6) is -0.833. The van der Waals surface area contributed by atoms with Crippen LogP contribution in [-0.2, 0) is 11.2 Å². The number of hydrogen-bond acceptors (Lipinski definition) is 7. The van der Waals surface area contributed by atoms with Gasteiger partial charge in [0, 0.05) is 29.4 Å². The maximum Gasteiger partial charge on any atom is 0.337 e. The van der Waals surface area contributed by atoms with Crippen molar-refractivity contribution in [1.29, 1.82) is 0 Å². The highest BCUT2D eigenvalue weighted by Gasteiger charge is 2.13.